The number of likely N-dealkylation sites (tertiary alicyclic amines) is 1. The van der Waals surface area contributed by atoms with Gasteiger partial charge in [0, 0.05) is 39.8 Å². The third kappa shape index (κ3) is 6.67. The van der Waals surface area contributed by atoms with Gasteiger partial charge in [-0.15, -0.1) is 0 Å². The first-order valence-corrected chi connectivity index (χ1v) is 9.77. The molecule has 2 saturated heterocycles. The molecule has 1 atom stereocenters. The molecule has 0 bridgehead atoms. The SMILES string of the molecule is CN=C(NCC1CCN(C(=O)OC(C)(C)C)CC1)NCC1(C)CCCO1. The van der Waals surface area contributed by atoms with Gasteiger partial charge in [0.2, 0.25) is 0 Å². The molecule has 2 aliphatic heterocycles. The molecule has 1 amide bonds. The molecule has 2 aliphatic rings. The summed E-state index contributed by atoms with van der Waals surface area (Å²) < 4.78 is 11.3. The Morgan fingerprint density at radius 2 is 2.00 bits per heavy atom. The van der Waals surface area contributed by atoms with Crippen LogP contribution >= 0.6 is 0 Å². The highest BCUT2D eigenvalue weighted by Crippen LogP contribution is 2.24. The van der Waals surface area contributed by atoms with Gasteiger partial charge in [-0.2, -0.15) is 0 Å². The lowest BCUT2D eigenvalue weighted by Crippen LogP contribution is -2.48. The molecular formula is C19H36N4O3. The van der Waals surface area contributed by atoms with Gasteiger partial charge in [-0.3, -0.25) is 4.99 Å². The van der Waals surface area contributed by atoms with E-state index in [9.17, 15) is 4.79 Å². The van der Waals surface area contributed by atoms with Crippen molar-refractivity contribution in [3.63, 3.8) is 0 Å². The third-order valence-corrected chi connectivity index (χ3v) is 4.98. The minimum atomic E-state index is -0.437. The van der Waals surface area contributed by atoms with Gasteiger partial charge < -0.3 is 25.0 Å². The van der Waals surface area contributed by atoms with Crippen molar-refractivity contribution in [3.05, 3.63) is 0 Å². The molecule has 0 spiro atoms. The minimum Gasteiger partial charge on any atom is -0.444 e. The number of hydrogen-bond acceptors (Lipinski definition) is 4. The number of carbonyl (C=O) groups excluding carboxylic acids is 1. The fourth-order valence-electron chi connectivity index (χ4n) is 3.35. The van der Waals surface area contributed by atoms with Crippen LogP contribution in [-0.2, 0) is 9.47 Å². The van der Waals surface area contributed by atoms with Gasteiger partial charge in [0.1, 0.15) is 5.60 Å². The number of hydrogen-bond donors (Lipinski definition) is 2. The molecular weight excluding hydrogens is 332 g/mol. The maximum Gasteiger partial charge on any atom is 0.410 e. The number of aliphatic imine (C=N–C) groups is 1. The molecule has 2 fully saturated rings. The lowest BCUT2D eigenvalue weighted by Gasteiger charge is -2.33. The summed E-state index contributed by atoms with van der Waals surface area (Å²) in [6.45, 7) is 11.8. The van der Waals surface area contributed by atoms with Gasteiger partial charge in [-0.25, -0.2) is 4.79 Å². The van der Waals surface area contributed by atoms with E-state index in [1.54, 1.807) is 7.05 Å². The molecule has 0 aromatic carbocycles. The van der Waals surface area contributed by atoms with Gasteiger partial charge in [0.15, 0.2) is 5.96 Å². The molecule has 0 aromatic heterocycles. The topological polar surface area (TPSA) is 75.2 Å². The average molecular weight is 369 g/mol. The van der Waals surface area contributed by atoms with Crippen molar-refractivity contribution in [2.24, 2.45) is 10.9 Å². The van der Waals surface area contributed by atoms with E-state index >= 15 is 0 Å². The Hall–Kier alpha value is -1.50. The van der Waals surface area contributed by atoms with Crippen LogP contribution in [0, 0.1) is 5.92 Å². The second-order valence-electron chi connectivity index (χ2n) is 8.62. The van der Waals surface area contributed by atoms with Crippen molar-refractivity contribution in [1.82, 2.24) is 15.5 Å². The molecule has 2 heterocycles. The Balaban J connectivity index is 1.67. The zero-order valence-corrected chi connectivity index (χ0v) is 17.1. The van der Waals surface area contributed by atoms with E-state index in [4.69, 9.17) is 9.47 Å². The first kappa shape index (κ1) is 20.8. The van der Waals surface area contributed by atoms with Crippen LogP contribution in [-0.4, -0.2) is 68.0 Å². The summed E-state index contributed by atoms with van der Waals surface area (Å²) in [4.78, 5) is 18.2. The molecule has 0 aromatic rings. The minimum absolute atomic E-state index is 0.0869. The molecule has 150 valence electrons. The highest BCUT2D eigenvalue weighted by atomic mass is 16.6. The molecule has 2 rings (SSSR count). The normalized spacial score (nSPS) is 25.3. The number of carbonyl (C=O) groups is 1. The second kappa shape index (κ2) is 8.93. The van der Waals surface area contributed by atoms with Crippen molar-refractivity contribution >= 4 is 12.1 Å². The monoisotopic (exact) mass is 368 g/mol. The van der Waals surface area contributed by atoms with Crippen molar-refractivity contribution in [3.8, 4) is 0 Å². The van der Waals surface area contributed by atoms with Crippen LogP contribution in [0.2, 0.25) is 0 Å². The van der Waals surface area contributed by atoms with Gasteiger partial charge in [0.05, 0.1) is 5.60 Å². The van der Waals surface area contributed by atoms with Crippen LogP contribution in [0.25, 0.3) is 0 Å². The first-order chi connectivity index (χ1) is 12.2. The van der Waals surface area contributed by atoms with Crippen molar-refractivity contribution in [1.29, 1.82) is 0 Å². The maximum absolute atomic E-state index is 12.1. The molecule has 0 aliphatic carbocycles. The maximum atomic E-state index is 12.1. The largest absolute Gasteiger partial charge is 0.444 e. The number of amides is 1. The van der Waals surface area contributed by atoms with E-state index in [0.717, 1.165) is 64.4 Å². The summed E-state index contributed by atoms with van der Waals surface area (Å²) in [5, 5.41) is 6.78. The fraction of sp³-hybridized carbons (Fsp3) is 0.895. The Morgan fingerprint density at radius 1 is 1.31 bits per heavy atom. The van der Waals surface area contributed by atoms with Gasteiger partial charge in [-0.05, 0) is 59.3 Å². The van der Waals surface area contributed by atoms with Crippen LogP contribution in [0.3, 0.4) is 0 Å². The smallest absolute Gasteiger partial charge is 0.410 e. The molecule has 0 saturated carbocycles. The number of piperidine rings is 1. The number of guanidine groups is 1. The van der Waals surface area contributed by atoms with E-state index < -0.39 is 5.60 Å². The predicted molar refractivity (Wildman–Crippen MR) is 103 cm³/mol. The van der Waals surface area contributed by atoms with Crippen molar-refractivity contribution in [2.75, 3.05) is 39.8 Å². The highest BCUT2D eigenvalue weighted by molar-refractivity contribution is 5.79. The van der Waals surface area contributed by atoms with Gasteiger partial charge >= 0.3 is 6.09 Å². The van der Waals surface area contributed by atoms with E-state index in [1.165, 1.54) is 0 Å². The molecule has 0 radical (unpaired) electrons. The average Bonchev–Trinajstić information content (AvgIpc) is 3.01. The van der Waals surface area contributed by atoms with Crippen LogP contribution in [0.4, 0.5) is 4.79 Å². The summed E-state index contributed by atoms with van der Waals surface area (Å²) in [6.07, 6.45) is 3.96. The van der Waals surface area contributed by atoms with E-state index in [0.29, 0.717) is 5.92 Å². The summed E-state index contributed by atoms with van der Waals surface area (Å²) in [5.74, 6) is 1.35. The number of rotatable bonds is 4. The van der Waals surface area contributed by atoms with E-state index in [-0.39, 0.29) is 11.7 Å². The fourth-order valence-corrected chi connectivity index (χ4v) is 3.35. The number of ether oxygens (including phenoxy) is 2. The van der Waals surface area contributed by atoms with Crippen LogP contribution in [0.15, 0.2) is 4.99 Å². The third-order valence-electron chi connectivity index (χ3n) is 4.98. The standard InChI is InChI=1S/C19H36N4O3/c1-18(2,3)26-17(24)23-10-7-15(8-11-23)13-21-16(20-5)22-14-19(4)9-6-12-25-19/h15H,6-14H2,1-5H3,(H2,20,21,22). The van der Waals surface area contributed by atoms with E-state index in [2.05, 4.69) is 22.5 Å². The summed E-state index contributed by atoms with van der Waals surface area (Å²) in [6, 6.07) is 0. The number of nitrogens with one attached hydrogen (secondary N) is 2. The molecule has 2 N–H and O–H groups in total. The van der Waals surface area contributed by atoms with Crippen molar-refractivity contribution < 1.29 is 14.3 Å². The highest BCUT2D eigenvalue weighted by Gasteiger charge is 2.30. The lowest BCUT2D eigenvalue weighted by atomic mass is 9.97. The Bertz CT molecular complexity index is 488. The summed E-state index contributed by atoms with van der Waals surface area (Å²) >= 11 is 0. The number of nitrogens with zero attached hydrogens (tertiary/aromatic N) is 2. The predicted octanol–water partition coefficient (Wildman–Crippen LogP) is 2.37. The lowest BCUT2D eigenvalue weighted by molar-refractivity contribution is 0.0185. The molecule has 7 heteroatoms. The van der Waals surface area contributed by atoms with E-state index in [1.807, 2.05) is 25.7 Å². The van der Waals surface area contributed by atoms with Crippen LogP contribution < -0.4 is 10.6 Å². The zero-order chi connectivity index (χ0) is 19.2. The Kier molecular flexibility index (Phi) is 7.15. The summed E-state index contributed by atoms with van der Waals surface area (Å²) in [7, 11) is 1.79. The van der Waals surface area contributed by atoms with Crippen LogP contribution in [0.5, 0.6) is 0 Å². The Labute approximate surface area is 157 Å². The summed E-state index contributed by atoms with van der Waals surface area (Å²) in [5.41, 5.74) is -0.524. The molecule has 1 unspecified atom stereocenters. The Morgan fingerprint density at radius 3 is 2.54 bits per heavy atom. The molecule has 7 nitrogen and oxygen atoms in total. The zero-order valence-electron chi connectivity index (χ0n) is 17.1. The van der Waals surface area contributed by atoms with Gasteiger partial charge in [-0.1, -0.05) is 0 Å². The van der Waals surface area contributed by atoms with Crippen molar-refractivity contribution in [2.45, 2.75) is 64.6 Å². The molecule has 26 heavy (non-hydrogen) atoms. The quantitative estimate of drug-likeness (QED) is 0.589. The first-order valence-electron chi connectivity index (χ1n) is 9.77. The second-order valence-corrected chi connectivity index (χ2v) is 8.62. The van der Waals surface area contributed by atoms with Gasteiger partial charge in [0.25, 0.3) is 0 Å². The van der Waals surface area contributed by atoms with Crippen LogP contribution in [0.1, 0.15) is 53.4 Å².